The van der Waals surface area contributed by atoms with Crippen LogP contribution in [0.4, 0.5) is 5.82 Å². The number of nitrogens with zero attached hydrogens (tertiary/aromatic N) is 6. The zero-order chi connectivity index (χ0) is 26.6. The van der Waals surface area contributed by atoms with Crippen LogP contribution in [0.25, 0.3) is 22.5 Å². The fraction of sp³-hybridized carbons (Fsp3) is 0.433. The first-order chi connectivity index (χ1) is 18.4. The molecule has 3 heterocycles. The minimum Gasteiger partial charge on any atom is -0.387 e. The number of aromatic amines is 1. The Kier molecular flexibility index (Phi) is 7.79. The normalized spacial score (nSPS) is 17.2. The minimum atomic E-state index is -0.645. The minimum absolute atomic E-state index is 0.202. The van der Waals surface area contributed by atoms with Crippen molar-refractivity contribution in [2.45, 2.75) is 84.4 Å². The van der Waals surface area contributed by atoms with E-state index in [1.807, 2.05) is 0 Å². The van der Waals surface area contributed by atoms with Gasteiger partial charge >= 0.3 is 0 Å². The maximum Gasteiger partial charge on any atom is 0.174 e. The van der Waals surface area contributed by atoms with Crippen molar-refractivity contribution in [3.05, 3.63) is 71.2 Å². The fourth-order valence-electron chi connectivity index (χ4n) is 5.39. The summed E-state index contributed by atoms with van der Waals surface area (Å²) in [7, 11) is 0. The number of unbranched alkanes of at least 4 members (excludes halogenated alkanes) is 2. The summed E-state index contributed by atoms with van der Waals surface area (Å²) in [4.78, 5) is 12.8. The number of benzene rings is 2. The van der Waals surface area contributed by atoms with Crippen LogP contribution in [0.2, 0.25) is 0 Å². The number of rotatable bonds is 9. The molecule has 8 heteroatoms. The van der Waals surface area contributed by atoms with Crippen molar-refractivity contribution in [1.29, 1.82) is 0 Å². The Morgan fingerprint density at radius 2 is 1.53 bits per heavy atom. The van der Waals surface area contributed by atoms with Crippen LogP contribution in [0.3, 0.4) is 0 Å². The van der Waals surface area contributed by atoms with Crippen LogP contribution >= 0.6 is 0 Å². The van der Waals surface area contributed by atoms with E-state index in [1.54, 1.807) is 0 Å². The predicted octanol–water partition coefficient (Wildman–Crippen LogP) is 5.76. The van der Waals surface area contributed by atoms with Crippen LogP contribution in [0.1, 0.15) is 74.7 Å². The van der Waals surface area contributed by atoms with Crippen LogP contribution in [-0.4, -0.2) is 47.8 Å². The molecule has 4 aromatic rings. The molecular weight excluding hydrogens is 474 g/mol. The second-order valence-electron chi connectivity index (χ2n) is 10.7. The van der Waals surface area contributed by atoms with Gasteiger partial charge in [0.25, 0.3) is 0 Å². The number of aliphatic hydroxyl groups excluding tert-OH is 1. The van der Waals surface area contributed by atoms with E-state index in [-0.39, 0.29) is 12.1 Å². The van der Waals surface area contributed by atoms with Crippen molar-refractivity contribution in [3.8, 4) is 22.5 Å². The van der Waals surface area contributed by atoms with Crippen molar-refractivity contribution in [2.24, 2.45) is 0 Å². The monoisotopic (exact) mass is 511 g/mol. The van der Waals surface area contributed by atoms with E-state index in [0.29, 0.717) is 12.1 Å². The van der Waals surface area contributed by atoms with E-state index >= 15 is 0 Å². The van der Waals surface area contributed by atoms with Crippen LogP contribution < -0.4 is 4.90 Å². The smallest absolute Gasteiger partial charge is 0.174 e. The van der Waals surface area contributed by atoms with Gasteiger partial charge in [-0.3, -0.25) is 0 Å². The number of aliphatic hydroxyl groups is 1. The number of aryl methyl sites for hydroxylation is 3. The second kappa shape index (κ2) is 11.4. The van der Waals surface area contributed by atoms with Gasteiger partial charge in [-0.05, 0) is 47.0 Å². The molecule has 38 heavy (non-hydrogen) atoms. The van der Waals surface area contributed by atoms with E-state index in [0.717, 1.165) is 66.3 Å². The fourth-order valence-corrected chi connectivity index (χ4v) is 5.39. The number of aromatic nitrogens is 6. The first-order valence-corrected chi connectivity index (χ1v) is 13.7. The molecule has 0 spiro atoms. The van der Waals surface area contributed by atoms with Gasteiger partial charge in [0.15, 0.2) is 11.6 Å². The molecule has 0 saturated heterocycles. The van der Waals surface area contributed by atoms with Crippen molar-refractivity contribution >= 4 is 5.82 Å². The number of H-pyrrole nitrogens is 1. The third-order valence-electron chi connectivity index (χ3n) is 7.39. The zero-order valence-corrected chi connectivity index (χ0v) is 22.7. The molecule has 0 saturated carbocycles. The molecule has 0 amide bonds. The van der Waals surface area contributed by atoms with Gasteiger partial charge in [0.05, 0.1) is 11.4 Å². The Bertz CT molecular complexity index is 1330. The summed E-state index contributed by atoms with van der Waals surface area (Å²) in [6.45, 7) is 8.57. The third-order valence-corrected chi connectivity index (χ3v) is 7.39. The van der Waals surface area contributed by atoms with Crippen molar-refractivity contribution < 1.29 is 5.11 Å². The molecule has 2 aromatic carbocycles. The topological polar surface area (TPSA) is 104 Å². The lowest BCUT2D eigenvalue weighted by Crippen LogP contribution is -2.46. The number of anilines is 1. The van der Waals surface area contributed by atoms with Crippen molar-refractivity contribution in [3.63, 3.8) is 0 Å². The Balaban J connectivity index is 1.47. The summed E-state index contributed by atoms with van der Waals surface area (Å²) in [5.41, 5.74) is 6.79. The summed E-state index contributed by atoms with van der Waals surface area (Å²) >= 11 is 0. The van der Waals surface area contributed by atoms with Crippen LogP contribution in [0, 0.1) is 13.8 Å². The summed E-state index contributed by atoms with van der Waals surface area (Å²) in [5.74, 6) is 1.57. The molecule has 0 radical (unpaired) electrons. The lowest BCUT2D eigenvalue weighted by atomic mass is 9.92. The van der Waals surface area contributed by atoms with Crippen molar-refractivity contribution in [2.75, 3.05) is 4.90 Å². The van der Waals surface area contributed by atoms with Gasteiger partial charge in [-0.25, -0.2) is 9.97 Å². The van der Waals surface area contributed by atoms with E-state index in [2.05, 4.69) is 102 Å². The Morgan fingerprint density at radius 1 is 0.895 bits per heavy atom. The number of nitrogens with one attached hydrogen (secondary N) is 1. The van der Waals surface area contributed by atoms with Crippen LogP contribution in [0.15, 0.2) is 48.5 Å². The van der Waals surface area contributed by atoms with E-state index in [1.165, 1.54) is 11.1 Å². The quantitative estimate of drug-likeness (QED) is 0.275. The first kappa shape index (κ1) is 26.0. The maximum absolute atomic E-state index is 11.3. The molecule has 2 unspecified atom stereocenters. The highest BCUT2D eigenvalue weighted by Gasteiger charge is 2.36. The van der Waals surface area contributed by atoms with Gasteiger partial charge in [-0.15, -0.1) is 10.2 Å². The van der Waals surface area contributed by atoms with Gasteiger partial charge in [-0.2, -0.15) is 5.21 Å². The summed E-state index contributed by atoms with van der Waals surface area (Å²) in [5, 5.41) is 25.5. The number of hydrogen-bond acceptors (Lipinski definition) is 7. The average Bonchev–Trinajstić information content (AvgIpc) is 3.42. The predicted molar refractivity (Wildman–Crippen MR) is 150 cm³/mol. The number of hydrogen-bond donors (Lipinski definition) is 2. The molecule has 0 fully saturated rings. The molecule has 0 aliphatic carbocycles. The molecule has 0 bridgehead atoms. The van der Waals surface area contributed by atoms with E-state index in [9.17, 15) is 5.11 Å². The Labute approximate surface area is 224 Å². The molecule has 2 N–H and O–H groups in total. The summed E-state index contributed by atoms with van der Waals surface area (Å²) in [6.07, 6.45) is 4.98. The standard InChI is InChI=1S/C30H37N7O/c1-19(2)37-24(8-6-5-7-9-26-33-35-36-34-26)18-25(38)29-30(37)32-28(23-16-12-21(4)13-17-23)27(31-29)22-14-10-20(3)11-15-22/h10-17,19,24-25,38H,5-9,18H2,1-4H3,(H,33,34,35,36). The van der Waals surface area contributed by atoms with Gasteiger partial charge in [0.2, 0.25) is 0 Å². The Hall–Kier alpha value is -3.65. The molecule has 2 atom stereocenters. The van der Waals surface area contributed by atoms with E-state index in [4.69, 9.17) is 9.97 Å². The van der Waals surface area contributed by atoms with Gasteiger partial charge < -0.3 is 10.0 Å². The summed E-state index contributed by atoms with van der Waals surface area (Å²) < 4.78 is 0. The Morgan fingerprint density at radius 3 is 2.11 bits per heavy atom. The number of tetrazole rings is 1. The van der Waals surface area contributed by atoms with E-state index < -0.39 is 6.10 Å². The van der Waals surface area contributed by atoms with Gasteiger partial charge in [0.1, 0.15) is 11.8 Å². The van der Waals surface area contributed by atoms with Gasteiger partial charge in [-0.1, -0.05) is 77.7 Å². The second-order valence-corrected chi connectivity index (χ2v) is 10.7. The SMILES string of the molecule is Cc1ccc(-c2nc3c(nc2-c2ccc(C)cc2)N(C(C)C)C(CCCCCc2nn[nH]n2)CC3O)cc1. The highest BCUT2D eigenvalue weighted by molar-refractivity contribution is 5.80. The van der Waals surface area contributed by atoms with Crippen LogP contribution in [-0.2, 0) is 6.42 Å². The molecule has 198 valence electrons. The highest BCUT2D eigenvalue weighted by Crippen LogP contribution is 2.41. The average molecular weight is 512 g/mol. The summed E-state index contributed by atoms with van der Waals surface area (Å²) in [6, 6.07) is 17.3. The molecule has 5 rings (SSSR count). The molecule has 8 nitrogen and oxygen atoms in total. The molecule has 1 aliphatic heterocycles. The lowest BCUT2D eigenvalue weighted by molar-refractivity contribution is 0.139. The van der Waals surface area contributed by atoms with Crippen molar-refractivity contribution in [1.82, 2.24) is 30.6 Å². The highest BCUT2D eigenvalue weighted by atomic mass is 16.3. The third kappa shape index (κ3) is 5.60. The molecular formula is C30H37N7O. The van der Waals surface area contributed by atoms with Crippen LogP contribution in [0.5, 0.6) is 0 Å². The first-order valence-electron chi connectivity index (χ1n) is 13.7. The van der Waals surface area contributed by atoms with Gasteiger partial charge in [0, 0.05) is 29.6 Å². The lowest BCUT2D eigenvalue weighted by Gasteiger charge is -2.42. The number of fused-ring (bicyclic) bond motifs is 1. The molecule has 1 aliphatic rings. The zero-order valence-electron chi connectivity index (χ0n) is 22.7. The molecule has 2 aromatic heterocycles. The largest absolute Gasteiger partial charge is 0.387 e. The maximum atomic E-state index is 11.3.